The Kier molecular flexibility index (Phi) is 6.20. The second-order valence-corrected chi connectivity index (χ2v) is 6.96. The van der Waals surface area contributed by atoms with Crippen LogP contribution in [0.4, 0.5) is 8.78 Å². The standard InChI is InChI=1S/C14H17F2NO5S/c1-8(2)17-12(18)9(3)22-13(19)10-4-6-11(7-5-10)23(20,21)14(15)16/h4-9,14H,1-3H3,(H,17,18)/t9-/m1/s1. The summed E-state index contributed by atoms with van der Waals surface area (Å²) in [6.07, 6.45) is -1.05. The number of halogens is 2. The normalized spacial score (nSPS) is 13.0. The number of benzene rings is 1. The minimum atomic E-state index is -4.72. The van der Waals surface area contributed by atoms with Gasteiger partial charge >= 0.3 is 11.7 Å². The minimum absolute atomic E-state index is 0.0533. The molecule has 0 saturated heterocycles. The van der Waals surface area contributed by atoms with E-state index in [-0.39, 0.29) is 11.6 Å². The van der Waals surface area contributed by atoms with E-state index in [0.717, 1.165) is 24.3 Å². The third kappa shape index (κ3) is 4.98. The van der Waals surface area contributed by atoms with Crippen molar-refractivity contribution in [1.82, 2.24) is 5.32 Å². The van der Waals surface area contributed by atoms with Crippen LogP contribution in [0.5, 0.6) is 0 Å². The van der Waals surface area contributed by atoms with E-state index in [1.807, 2.05) is 0 Å². The van der Waals surface area contributed by atoms with E-state index in [0.29, 0.717) is 0 Å². The van der Waals surface area contributed by atoms with Crippen LogP contribution < -0.4 is 5.32 Å². The first-order chi connectivity index (χ1) is 10.6. The fourth-order valence-corrected chi connectivity index (χ4v) is 2.29. The van der Waals surface area contributed by atoms with Crippen LogP contribution in [0, 0.1) is 0 Å². The number of carbonyl (C=O) groups excluding carboxylic acids is 2. The van der Waals surface area contributed by atoms with Gasteiger partial charge < -0.3 is 10.1 Å². The molecule has 0 heterocycles. The van der Waals surface area contributed by atoms with Gasteiger partial charge in [0, 0.05) is 6.04 Å². The summed E-state index contributed by atoms with van der Waals surface area (Å²) in [6.45, 7) is 4.87. The fraction of sp³-hybridized carbons (Fsp3) is 0.429. The van der Waals surface area contributed by atoms with Crippen molar-refractivity contribution in [1.29, 1.82) is 0 Å². The Balaban J connectivity index is 2.81. The van der Waals surface area contributed by atoms with Crippen molar-refractivity contribution in [2.45, 2.75) is 43.6 Å². The highest BCUT2D eigenvalue weighted by Gasteiger charge is 2.27. The lowest BCUT2D eigenvalue weighted by atomic mass is 10.2. The van der Waals surface area contributed by atoms with Crippen molar-refractivity contribution in [3.05, 3.63) is 29.8 Å². The van der Waals surface area contributed by atoms with Gasteiger partial charge in [0.2, 0.25) is 9.84 Å². The van der Waals surface area contributed by atoms with Gasteiger partial charge in [-0.05, 0) is 45.0 Å². The van der Waals surface area contributed by atoms with Gasteiger partial charge in [-0.1, -0.05) is 0 Å². The van der Waals surface area contributed by atoms with Crippen LogP contribution in [-0.2, 0) is 19.4 Å². The Labute approximate surface area is 132 Å². The Hall–Kier alpha value is -2.03. The molecule has 1 rings (SSSR count). The van der Waals surface area contributed by atoms with Gasteiger partial charge in [-0.2, -0.15) is 8.78 Å². The van der Waals surface area contributed by atoms with E-state index in [1.54, 1.807) is 13.8 Å². The number of amides is 1. The molecule has 1 aromatic rings. The molecule has 128 valence electrons. The number of esters is 1. The van der Waals surface area contributed by atoms with E-state index in [9.17, 15) is 26.8 Å². The van der Waals surface area contributed by atoms with E-state index < -0.39 is 38.5 Å². The van der Waals surface area contributed by atoms with E-state index in [2.05, 4.69) is 5.32 Å². The molecule has 1 aromatic carbocycles. The molecular formula is C14H17F2NO5S. The first-order valence-electron chi connectivity index (χ1n) is 6.69. The molecule has 0 aliphatic heterocycles. The average molecular weight is 349 g/mol. The number of ether oxygens (including phenoxy) is 1. The van der Waals surface area contributed by atoms with Crippen molar-refractivity contribution >= 4 is 21.7 Å². The summed E-state index contributed by atoms with van der Waals surface area (Å²) in [6, 6.07) is 3.74. The summed E-state index contributed by atoms with van der Waals surface area (Å²) in [5.41, 5.74) is -0.0533. The fourth-order valence-electron chi connectivity index (χ4n) is 1.57. The Morgan fingerprint density at radius 3 is 2.04 bits per heavy atom. The lowest BCUT2D eigenvalue weighted by Gasteiger charge is -2.15. The molecule has 1 atom stereocenters. The molecule has 0 aliphatic carbocycles. The third-order valence-electron chi connectivity index (χ3n) is 2.74. The zero-order chi connectivity index (χ0) is 17.8. The van der Waals surface area contributed by atoms with Crippen LogP contribution in [0.2, 0.25) is 0 Å². The highest BCUT2D eigenvalue weighted by atomic mass is 32.2. The summed E-state index contributed by atoms with van der Waals surface area (Å²) < 4.78 is 52.2. The Bertz CT molecular complexity index is 671. The van der Waals surface area contributed by atoms with Crippen LogP contribution >= 0.6 is 0 Å². The number of rotatable bonds is 6. The maximum atomic E-state index is 12.4. The maximum absolute atomic E-state index is 12.4. The topological polar surface area (TPSA) is 89.5 Å². The molecule has 9 heteroatoms. The van der Waals surface area contributed by atoms with Crippen molar-refractivity contribution in [2.75, 3.05) is 0 Å². The van der Waals surface area contributed by atoms with Gasteiger partial charge in [0.15, 0.2) is 6.10 Å². The van der Waals surface area contributed by atoms with Gasteiger partial charge in [-0.15, -0.1) is 0 Å². The summed E-state index contributed by atoms with van der Waals surface area (Å²) in [4.78, 5) is 22.9. The van der Waals surface area contributed by atoms with Gasteiger partial charge in [0.05, 0.1) is 10.5 Å². The zero-order valence-corrected chi connectivity index (χ0v) is 13.6. The zero-order valence-electron chi connectivity index (χ0n) is 12.7. The van der Waals surface area contributed by atoms with Crippen LogP contribution in [0.15, 0.2) is 29.2 Å². The van der Waals surface area contributed by atoms with Crippen LogP contribution in [-0.4, -0.2) is 38.2 Å². The third-order valence-corrected chi connectivity index (χ3v) is 4.14. The molecule has 0 aliphatic rings. The molecule has 1 N–H and O–H groups in total. The van der Waals surface area contributed by atoms with Gasteiger partial charge in [0.25, 0.3) is 5.91 Å². The number of alkyl halides is 2. The Morgan fingerprint density at radius 2 is 1.61 bits per heavy atom. The first kappa shape index (κ1) is 19.0. The molecule has 0 unspecified atom stereocenters. The van der Waals surface area contributed by atoms with Crippen LogP contribution in [0.1, 0.15) is 31.1 Å². The molecule has 0 spiro atoms. The van der Waals surface area contributed by atoms with Gasteiger partial charge in [-0.25, -0.2) is 13.2 Å². The summed E-state index contributed by atoms with van der Waals surface area (Å²) in [5.74, 6) is -4.89. The maximum Gasteiger partial charge on any atom is 0.341 e. The number of sulfone groups is 1. The van der Waals surface area contributed by atoms with E-state index in [1.165, 1.54) is 6.92 Å². The number of hydrogen-bond acceptors (Lipinski definition) is 5. The van der Waals surface area contributed by atoms with Crippen molar-refractivity contribution < 1.29 is 31.5 Å². The lowest BCUT2D eigenvalue weighted by molar-refractivity contribution is -0.129. The van der Waals surface area contributed by atoms with Crippen molar-refractivity contribution in [2.24, 2.45) is 0 Å². The molecule has 6 nitrogen and oxygen atoms in total. The molecule has 0 aromatic heterocycles. The van der Waals surface area contributed by atoms with Crippen LogP contribution in [0.3, 0.4) is 0 Å². The quantitative estimate of drug-likeness (QED) is 0.791. The predicted molar refractivity (Wildman–Crippen MR) is 77.8 cm³/mol. The molecule has 0 fully saturated rings. The monoisotopic (exact) mass is 349 g/mol. The van der Waals surface area contributed by atoms with E-state index in [4.69, 9.17) is 4.74 Å². The number of carbonyl (C=O) groups is 2. The van der Waals surface area contributed by atoms with Gasteiger partial charge in [0.1, 0.15) is 0 Å². The molecule has 1 amide bonds. The van der Waals surface area contributed by atoms with Gasteiger partial charge in [-0.3, -0.25) is 4.79 Å². The highest BCUT2D eigenvalue weighted by molar-refractivity contribution is 7.91. The highest BCUT2D eigenvalue weighted by Crippen LogP contribution is 2.19. The minimum Gasteiger partial charge on any atom is -0.449 e. The Morgan fingerprint density at radius 1 is 1.09 bits per heavy atom. The van der Waals surface area contributed by atoms with E-state index >= 15 is 0 Å². The molecular weight excluding hydrogens is 332 g/mol. The molecule has 23 heavy (non-hydrogen) atoms. The van der Waals surface area contributed by atoms with Crippen molar-refractivity contribution in [3.63, 3.8) is 0 Å². The molecule has 0 radical (unpaired) electrons. The summed E-state index contributed by atoms with van der Waals surface area (Å²) >= 11 is 0. The molecule has 0 bridgehead atoms. The largest absolute Gasteiger partial charge is 0.449 e. The average Bonchev–Trinajstić information content (AvgIpc) is 2.46. The first-order valence-corrected chi connectivity index (χ1v) is 8.23. The van der Waals surface area contributed by atoms with Crippen LogP contribution in [0.25, 0.3) is 0 Å². The second-order valence-electron chi connectivity index (χ2n) is 5.04. The van der Waals surface area contributed by atoms with Crippen molar-refractivity contribution in [3.8, 4) is 0 Å². The number of hydrogen-bond donors (Lipinski definition) is 1. The predicted octanol–water partition coefficient (Wildman–Crippen LogP) is 1.75. The lowest BCUT2D eigenvalue weighted by Crippen LogP contribution is -2.39. The molecule has 0 saturated carbocycles. The summed E-state index contributed by atoms with van der Waals surface area (Å²) in [5, 5.41) is 2.56. The smallest absolute Gasteiger partial charge is 0.341 e. The second kappa shape index (κ2) is 7.49. The number of nitrogens with one attached hydrogen (secondary N) is 1. The SMILES string of the molecule is CC(C)NC(=O)[C@@H](C)OC(=O)c1ccc(S(=O)(=O)C(F)F)cc1. The summed E-state index contributed by atoms with van der Waals surface area (Å²) in [7, 11) is -4.72.